The molecule has 6 heteroatoms. The molecule has 0 saturated heterocycles. The van der Waals surface area contributed by atoms with Crippen molar-refractivity contribution in [2.75, 3.05) is 21.3 Å². The van der Waals surface area contributed by atoms with Crippen LogP contribution < -0.4 is 14.2 Å². The molecule has 1 aromatic heterocycles. The number of hydrogen-bond acceptors (Lipinski definition) is 6. The third-order valence-corrected chi connectivity index (χ3v) is 4.49. The minimum atomic E-state index is 0.154. The molecule has 0 unspecified atom stereocenters. The van der Waals surface area contributed by atoms with E-state index >= 15 is 0 Å². The topological polar surface area (TPSA) is 60.8 Å². The van der Waals surface area contributed by atoms with Gasteiger partial charge in [-0.25, -0.2) is 4.98 Å². The summed E-state index contributed by atoms with van der Waals surface area (Å²) in [5.41, 5.74) is 2.28. The van der Waals surface area contributed by atoms with Crippen molar-refractivity contribution in [3.05, 3.63) is 41.9 Å². The van der Waals surface area contributed by atoms with Crippen molar-refractivity contribution >= 4 is 11.3 Å². The van der Waals surface area contributed by atoms with E-state index in [0.29, 0.717) is 28.4 Å². The highest BCUT2D eigenvalue weighted by molar-refractivity contribution is 7.13. The van der Waals surface area contributed by atoms with Crippen molar-refractivity contribution in [1.29, 1.82) is 0 Å². The Morgan fingerprint density at radius 1 is 0.917 bits per heavy atom. The molecule has 0 atom stereocenters. The standard InChI is InChI=1S/C18H17NO4S/c1-21-15-7-5-12(16(22-2)17(15)23-3)13-10-11(4-6-14(13)20)18-19-8-9-24-18/h4-10,20H,1-3H3. The zero-order valence-electron chi connectivity index (χ0n) is 13.6. The second-order valence-corrected chi connectivity index (χ2v) is 5.85. The van der Waals surface area contributed by atoms with Gasteiger partial charge >= 0.3 is 0 Å². The van der Waals surface area contributed by atoms with Crippen LogP contribution in [0.1, 0.15) is 0 Å². The molecule has 0 aliphatic carbocycles. The SMILES string of the molecule is COc1ccc(-c2cc(-c3nccs3)ccc2O)c(OC)c1OC. The Morgan fingerprint density at radius 2 is 1.71 bits per heavy atom. The summed E-state index contributed by atoms with van der Waals surface area (Å²) in [6, 6.07) is 9.00. The number of aromatic hydroxyl groups is 1. The maximum atomic E-state index is 10.4. The zero-order chi connectivity index (χ0) is 17.1. The number of phenolic OH excluding ortho intramolecular Hbond substituents is 1. The molecule has 1 N–H and O–H groups in total. The number of ether oxygens (including phenoxy) is 3. The van der Waals surface area contributed by atoms with Gasteiger partial charge < -0.3 is 19.3 Å². The normalized spacial score (nSPS) is 10.5. The van der Waals surface area contributed by atoms with Gasteiger partial charge in [-0.3, -0.25) is 0 Å². The van der Waals surface area contributed by atoms with Crippen LogP contribution in [0.5, 0.6) is 23.0 Å². The number of thiazole rings is 1. The molecule has 0 bridgehead atoms. The van der Waals surface area contributed by atoms with Gasteiger partial charge in [-0.05, 0) is 30.3 Å². The van der Waals surface area contributed by atoms with Crippen LogP contribution in [-0.4, -0.2) is 31.4 Å². The van der Waals surface area contributed by atoms with E-state index < -0.39 is 0 Å². The van der Waals surface area contributed by atoms with Gasteiger partial charge in [-0.15, -0.1) is 11.3 Å². The molecule has 3 rings (SSSR count). The lowest BCUT2D eigenvalue weighted by atomic mass is 10.00. The first-order valence-corrected chi connectivity index (χ1v) is 8.09. The summed E-state index contributed by atoms with van der Waals surface area (Å²) in [5.74, 6) is 1.70. The summed E-state index contributed by atoms with van der Waals surface area (Å²) >= 11 is 1.54. The van der Waals surface area contributed by atoms with Crippen molar-refractivity contribution in [1.82, 2.24) is 4.98 Å². The number of rotatable bonds is 5. The summed E-state index contributed by atoms with van der Waals surface area (Å²) in [5, 5.41) is 13.2. The third-order valence-electron chi connectivity index (χ3n) is 3.67. The van der Waals surface area contributed by atoms with Gasteiger partial charge in [-0.2, -0.15) is 0 Å². The highest BCUT2D eigenvalue weighted by atomic mass is 32.1. The molecule has 5 nitrogen and oxygen atoms in total. The van der Waals surface area contributed by atoms with Crippen LogP contribution in [0.25, 0.3) is 21.7 Å². The molecule has 0 radical (unpaired) electrons. The molecule has 1 heterocycles. The summed E-state index contributed by atoms with van der Waals surface area (Å²) in [7, 11) is 4.68. The Hall–Kier alpha value is -2.73. The van der Waals surface area contributed by atoms with Crippen LogP contribution in [0.2, 0.25) is 0 Å². The van der Waals surface area contributed by atoms with Crippen LogP contribution in [-0.2, 0) is 0 Å². The summed E-state index contributed by atoms with van der Waals surface area (Å²) in [6.07, 6.45) is 1.75. The fourth-order valence-electron chi connectivity index (χ4n) is 2.56. The Balaban J connectivity index is 2.20. The molecule has 0 aliphatic heterocycles. The third kappa shape index (κ3) is 2.76. The maximum absolute atomic E-state index is 10.4. The molecule has 0 saturated carbocycles. The van der Waals surface area contributed by atoms with E-state index in [0.717, 1.165) is 10.6 Å². The van der Waals surface area contributed by atoms with Crippen LogP contribution in [0, 0.1) is 0 Å². The first kappa shape index (κ1) is 16.1. The second kappa shape index (κ2) is 6.80. The largest absolute Gasteiger partial charge is 0.507 e. The first-order valence-electron chi connectivity index (χ1n) is 7.21. The van der Waals surface area contributed by atoms with Gasteiger partial charge in [-0.1, -0.05) is 0 Å². The second-order valence-electron chi connectivity index (χ2n) is 4.95. The van der Waals surface area contributed by atoms with Crippen LogP contribution in [0.3, 0.4) is 0 Å². The molecule has 0 spiro atoms. The van der Waals surface area contributed by atoms with Crippen molar-refractivity contribution < 1.29 is 19.3 Å². The monoisotopic (exact) mass is 343 g/mol. The Labute approximate surface area is 144 Å². The highest BCUT2D eigenvalue weighted by Crippen LogP contribution is 2.47. The number of nitrogens with zero attached hydrogens (tertiary/aromatic N) is 1. The first-order chi connectivity index (χ1) is 11.7. The number of aromatic nitrogens is 1. The van der Waals surface area contributed by atoms with Crippen molar-refractivity contribution in [3.8, 4) is 44.7 Å². The quantitative estimate of drug-likeness (QED) is 0.752. The van der Waals surface area contributed by atoms with E-state index in [1.54, 1.807) is 51.0 Å². The fourth-order valence-corrected chi connectivity index (χ4v) is 3.20. The predicted octanol–water partition coefficient (Wildman–Crippen LogP) is 4.21. The van der Waals surface area contributed by atoms with E-state index in [9.17, 15) is 5.11 Å². The van der Waals surface area contributed by atoms with Gasteiger partial charge in [0.2, 0.25) is 5.75 Å². The average Bonchev–Trinajstić information content (AvgIpc) is 3.15. The van der Waals surface area contributed by atoms with Gasteiger partial charge in [0.1, 0.15) is 10.8 Å². The number of hydrogen-bond donors (Lipinski definition) is 1. The summed E-state index contributed by atoms with van der Waals surface area (Å²) in [4.78, 5) is 4.32. The smallest absolute Gasteiger partial charge is 0.203 e. The summed E-state index contributed by atoms with van der Waals surface area (Å²) < 4.78 is 16.2. The van der Waals surface area contributed by atoms with Crippen molar-refractivity contribution in [3.63, 3.8) is 0 Å². The fraction of sp³-hybridized carbons (Fsp3) is 0.167. The highest BCUT2D eigenvalue weighted by Gasteiger charge is 2.19. The molecular weight excluding hydrogens is 326 g/mol. The molecule has 0 fully saturated rings. The van der Waals surface area contributed by atoms with E-state index in [1.165, 1.54) is 0 Å². The van der Waals surface area contributed by atoms with Gasteiger partial charge in [0.05, 0.1) is 21.3 Å². The van der Waals surface area contributed by atoms with E-state index in [4.69, 9.17) is 14.2 Å². The predicted molar refractivity (Wildman–Crippen MR) is 94.3 cm³/mol. The molecule has 3 aromatic rings. The van der Waals surface area contributed by atoms with Gasteiger partial charge in [0.15, 0.2) is 11.5 Å². The average molecular weight is 343 g/mol. The maximum Gasteiger partial charge on any atom is 0.203 e. The Bertz CT molecular complexity index is 846. The zero-order valence-corrected chi connectivity index (χ0v) is 14.4. The van der Waals surface area contributed by atoms with Crippen molar-refractivity contribution in [2.24, 2.45) is 0 Å². The Kier molecular flexibility index (Phi) is 4.57. The molecular formula is C18H17NO4S. The summed E-state index contributed by atoms with van der Waals surface area (Å²) in [6.45, 7) is 0. The lowest BCUT2D eigenvalue weighted by molar-refractivity contribution is 0.325. The van der Waals surface area contributed by atoms with Gasteiger partial charge in [0.25, 0.3) is 0 Å². The van der Waals surface area contributed by atoms with E-state index in [1.807, 2.05) is 23.6 Å². The lowest BCUT2D eigenvalue weighted by Crippen LogP contribution is -1.97. The molecule has 124 valence electrons. The van der Waals surface area contributed by atoms with Crippen LogP contribution in [0.15, 0.2) is 41.9 Å². The lowest BCUT2D eigenvalue weighted by Gasteiger charge is -2.16. The molecule has 2 aromatic carbocycles. The number of benzene rings is 2. The van der Waals surface area contributed by atoms with Crippen LogP contribution in [0.4, 0.5) is 0 Å². The minimum Gasteiger partial charge on any atom is -0.507 e. The molecule has 0 aliphatic rings. The van der Waals surface area contributed by atoms with Crippen LogP contribution >= 0.6 is 11.3 Å². The van der Waals surface area contributed by atoms with Crippen molar-refractivity contribution in [2.45, 2.75) is 0 Å². The molecule has 0 amide bonds. The molecule has 24 heavy (non-hydrogen) atoms. The number of phenols is 1. The number of methoxy groups -OCH3 is 3. The minimum absolute atomic E-state index is 0.154. The van der Waals surface area contributed by atoms with E-state index in [-0.39, 0.29) is 5.75 Å². The Morgan fingerprint density at radius 3 is 2.33 bits per heavy atom. The van der Waals surface area contributed by atoms with E-state index in [2.05, 4.69) is 4.98 Å². The van der Waals surface area contributed by atoms with Gasteiger partial charge in [0, 0.05) is 28.3 Å².